The van der Waals surface area contributed by atoms with Crippen LogP contribution in [-0.4, -0.2) is 48.0 Å². The van der Waals surface area contributed by atoms with Crippen LogP contribution >= 0.6 is 0 Å². The largest absolute Gasteiger partial charge is 0.379 e. The van der Waals surface area contributed by atoms with E-state index in [2.05, 4.69) is 10.0 Å². The van der Waals surface area contributed by atoms with E-state index in [0.29, 0.717) is 19.8 Å². The number of rotatable bonds is 11. The fourth-order valence-electron chi connectivity index (χ4n) is 1.51. The van der Waals surface area contributed by atoms with Crippen LogP contribution in [0.4, 0.5) is 0 Å². The summed E-state index contributed by atoms with van der Waals surface area (Å²) < 4.78 is 38.9. The monoisotopic (exact) mass is 329 g/mol. The highest BCUT2D eigenvalue weighted by Crippen LogP contribution is 2.13. The average Bonchev–Trinajstić information content (AvgIpc) is 2.49. The lowest BCUT2D eigenvalue weighted by atomic mass is 10.2. The van der Waals surface area contributed by atoms with Crippen LogP contribution in [0.1, 0.15) is 5.56 Å². The SMILES string of the molecule is Cc1cccc(S(=O)(=O)OCCOCCOCCN=[N+]=[N-])c1. The van der Waals surface area contributed by atoms with Crippen molar-refractivity contribution in [3.05, 3.63) is 40.3 Å². The zero-order valence-corrected chi connectivity index (χ0v) is 13.2. The van der Waals surface area contributed by atoms with Crippen LogP contribution in [0.25, 0.3) is 10.4 Å². The van der Waals surface area contributed by atoms with Gasteiger partial charge in [0, 0.05) is 11.5 Å². The van der Waals surface area contributed by atoms with Gasteiger partial charge in [-0.15, -0.1) is 0 Å². The first-order chi connectivity index (χ1) is 10.6. The van der Waals surface area contributed by atoms with Crippen molar-refractivity contribution in [1.82, 2.24) is 0 Å². The molecule has 1 aromatic carbocycles. The summed E-state index contributed by atoms with van der Waals surface area (Å²) in [6.07, 6.45) is 0. The fraction of sp³-hybridized carbons (Fsp3) is 0.538. The van der Waals surface area contributed by atoms with Gasteiger partial charge in [0.2, 0.25) is 0 Å². The Kier molecular flexibility index (Phi) is 8.49. The molecule has 8 nitrogen and oxygen atoms in total. The Hall–Kier alpha value is -1.64. The van der Waals surface area contributed by atoms with Crippen molar-refractivity contribution in [2.24, 2.45) is 5.11 Å². The first kappa shape index (κ1) is 18.4. The van der Waals surface area contributed by atoms with Gasteiger partial charge < -0.3 is 9.47 Å². The molecule has 0 aromatic heterocycles. The van der Waals surface area contributed by atoms with Crippen LogP contribution in [0.5, 0.6) is 0 Å². The third kappa shape index (κ3) is 7.39. The molecule has 0 N–H and O–H groups in total. The maximum absolute atomic E-state index is 11.9. The van der Waals surface area contributed by atoms with Crippen LogP contribution in [0.3, 0.4) is 0 Å². The van der Waals surface area contributed by atoms with Crippen LogP contribution in [0, 0.1) is 6.92 Å². The van der Waals surface area contributed by atoms with Crippen LogP contribution in [0.15, 0.2) is 34.3 Å². The maximum atomic E-state index is 11.9. The molecule has 9 heteroatoms. The van der Waals surface area contributed by atoms with E-state index in [-0.39, 0.29) is 24.7 Å². The van der Waals surface area contributed by atoms with E-state index in [1.165, 1.54) is 6.07 Å². The third-order valence-corrected chi connectivity index (χ3v) is 3.82. The predicted molar refractivity (Wildman–Crippen MR) is 80.0 cm³/mol. The average molecular weight is 329 g/mol. The summed E-state index contributed by atoms with van der Waals surface area (Å²) in [5.74, 6) is 0. The Labute approximate surface area is 129 Å². The number of hydrogen-bond acceptors (Lipinski definition) is 6. The number of benzene rings is 1. The smallest absolute Gasteiger partial charge is 0.297 e. The van der Waals surface area contributed by atoms with Gasteiger partial charge in [-0.1, -0.05) is 17.2 Å². The molecule has 22 heavy (non-hydrogen) atoms. The highest BCUT2D eigenvalue weighted by Gasteiger charge is 2.14. The number of ether oxygens (including phenoxy) is 2. The number of aryl methyl sites for hydroxylation is 1. The number of nitrogens with zero attached hydrogens (tertiary/aromatic N) is 3. The van der Waals surface area contributed by atoms with Gasteiger partial charge in [0.25, 0.3) is 10.1 Å². The minimum Gasteiger partial charge on any atom is -0.379 e. The Balaban J connectivity index is 2.15. The fourth-order valence-corrected chi connectivity index (χ4v) is 2.51. The molecule has 1 rings (SSSR count). The lowest BCUT2D eigenvalue weighted by Crippen LogP contribution is -2.14. The molecule has 1 aromatic rings. The Morgan fingerprint density at radius 2 is 1.82 bits per heavy atom. The number of hydrogen-bond donors (Lipinski definition) is 0. The van der Waals surface area contributed by atoms with E-state index in [4.69, 9.17) is 19.2 Å². The minimum absolute atomic E-state index is 0.0605. The molecule has 0 aliphatic heterocycles. The standard InChI is InChI=1S/C13H19N3O5S/c1-12-3-2-4-13(11-12)22(17,18)21-10-9-20-8-7-19-6-5-15-16-14/h2-4,11H,5-10H2,1H3. The zero-order chi connectivity index (χ0) is 16.3. The van der Waals surface area contributed by atoms with Gasteiger partial charge in [-0.25, -0.2) is 0 Å². The van der Waals surface area contributed by atoms with Gasteiger partial charge in [0.15, 0.2) is 0 Å². The van der Waals surface area contributed by atoms with Gasteiger partial charge in [0.05, 0.1) is 37.9 Å². The Bertz CT molecular complexity index is 599. The molecule has 0 saturated heterocycles. The molecule has 0 bridgehead atoms. The summed E-state index contributed by atoms with van der Waals surface area (Å²) in [5.41, 5.74) is 8.89. The third-order valence-electron chi connectivity index (χ3n) is 2.52. The summed E-state index contributed by atoms with van der Waals surface area (Å²) >= 11 is 0. The summed E-state index contributed by atoms with van der Waals surface area (Å²) in [6.45, 7) is 3.14. The van der Waals surface area contributed by atoms with E-state index < -0.39 is 10.1 Å². The molecular formula is C13H19N3O5S. The lowest BCUT2D eigenvalue weighted by molar-refractivity contribution is 0.0396. The summed E-state index contributed by atoms with van der Waals surface area (Å²) in [7, 11) is -3.75. The molecule has 0 fully saturated rings. The normalized spacial score (nSPS) is 11.1. The molecule has 0 unspecified atom stereocenters. The summed E-state index contributed by atoms with van der Waals surface area (Å²) in [4.78, 5) is 2.72. The molecule has 0 heterocycles. The van der Waals surface area contributed by atoms with Gasteiger partial charge in [-0.3, -0.25) is 4.18 Å². The summed E-state index contributed by atoms with van der Waals surface area (Å²) in [5, 5.41) is 3.31. The second-order valence-corrected chi connectivity index (χ2v) is 5.89. The molecular weight excluding hydrogens is 310 g/mol. The molecule has 0 atom stereocenters. The van der Waals surface area contributed by atoms with Crippen LogP contribution in [-0.2, 0) is 23.8 Å². The van der Waals surface area contributed by atoms with Crippen molar-refractivity contribution in [2.45, 2.75) is 11.8 Å². The van der Waals surface area contributed by atoms with Crippen molar-refractivity contribution in [1.29, 1.82) is 0 Å². The van der Waals surface area contributed by atoms with Crippen molar-refractivity contribution >= 4 is 10.1 Å². The maximum Gasteiger partial charge on any atom is 0.297 e. The van der Waals surface area contributed by atoms with E-state index in [1.54, 1.807) is 12.1 Å². The quantitative estimate of drug-likeness (QED) is 0.203. The Morgan fingerprint density at radius 3 is 2.50 bits per heavy atom. The van der Waals surface area contributed by atoms with E-state index in [9.17, 15) is 8.42 Å². The lowest BCUT2D eigenvalue weighted by Gasteiger charge is -2.07. The first-order valence-electron chi connectivity index (χ1n) is 6.69. The summed E-state index contributed by atoms with van der Waals surface area (Å²) in [6, 6.07) is 6.51. The minimum atomic E-state index is -3.75. The topological polar surface area (TPSA) is 111 Å². The van der Waals surface area contributed by atoms with Crippen LogP contribution < -0.4 is 0 Å². The molecule has 0 saturated carbocycles. The van der Waals surface area contributed by atoms with Crippen LogP contribution in [0.2, 0.25) is 0 Å². The molecule has 0 amide bonds. The first-order valence-corrected chi connectivity index (χ1v) is 8.09. The molecule has 122 valence electrons. The van der Waals surface area contributed by atoms with Crippen molar-refractivity contribution in [3.8, 4) is 0 Å². The van der Waals surface area contributed by atoms with Crippen molar-refractivity contribution < 1.29 is 22.1 Å². The second-order valence-electron chi connectivity index (χ2n) is 4.27. The van der Waals surface area contributed by atoms with Gasteiger partial charge in [-0.2, -0.15) is 8.42 Å². The highest BCUT2D eigenvalue weighted by molar-refractivity contribution is 7.86. The molecule has 0 radical (unpaired) electrons. The van der Waals surface area contributed by atoms with Crippen molar-refractivity contribution in [3.63, 3.8) is 0 Å². The van der Waals surface area contributed by atoms with Gasteiger partial charge in [-0.05, 0) is 30.2 Å². The highest BCUT2D eigenvalue weighted by atomic mass is 32.2. The zero-order valence-electron chi connectivity index (χ0n) is 12.3. The van der Waals surface area contributed by atoms with E-state index in [0.717, 1.165) is 5.56 Å². The molecule has 0 spiro atoms. The predicted octanol–water partition coefficient (Wildman–Crippen LogP) is 2.04. The van der Waals surface area contributed by atoms with E-state index in [1.807, 2.05) is 13.0 Å². The number of azide groups is 1. The molecule has 0 aliphatic rings. The van der Waals surface area contributed by atoms with Gasteiger partial charge in [0.1, 0.15) is 0 Å². The molecule has 0 aliphatic carbocycles. The van der Waals surface area contributed by atoms with E-state index >= 15 is 0 Å². The van der Waals surface area contributed by atoms with Crippen molar-refractivity contribution in [2.75, 3.05) is 39.6 Å². The Morgan fingerprint density at radius 1 is 1.14 bits per heavy atom. The second kappa shape index (κ2) is 10.1. The van der Waals surface area contributed by atoms with Gasteiger partial charge >= 0.3 is 0 Å².